The molecule has 0 aliphatic rings. The lowest BCUT2D eigenvalue weighted by Crippen LogP contribution is -2.35. The van der Waals surface area contributed by atoms with E-state index in [9.17, 15) is 9.90 Å². The summed E-state index contributed by atoms with van der Waals surface area (Å²) in [7, 11) is 3.23. The highest BCUT2D eigenvalue weighted by Crippen LogP contribution is 2.00. The van der Waals surface area contributed by atoms with Crippen molar-refractivity contribution in [2.45, 2.75) is 32.4 Å². The van der Waals surface area contributed by atoms with Gasteiger partial charge in [0.05, 0.1) is 19.6 Å². The van der Waals surface area contributed by atoms with Crippen LogP contribution in [0.1, 0.15) is 20.3 Å². The van der Waals surface area contributed by atoms with Crippen molar-refractivity contribution in [1.82, 2.24) is 4.90 Å². The smallest absolute Gasteiger partial charge is 0.308 e. The Labute approximate surface area is 79.5 Å². The lowest BCUT2D eigenvalue weighted by atomic mass is 10.2. The first-order chi connectivity index (χ1) is 5.97. The molecule has 0 aliphatic heterocycles. The Morgan fingerprint density at radius 2 is 2.08 bits per heavy atom. The number of methoxy groups -OCH3 is 1. The van der Waals surface area contributed by atoms with Gasteiger partial charge in [0.1, 0.15) is 0 Å². The molecule has 0 radical (unpaired) electrons. The van der Waals surface area contributed by atoms with E-state index in [-0.39, 0.29) is 12.4 Å². The van der Waals surface area contributed by atoms with Crippen LogP contribution in [0, 0.1) is 0 Å². The van der Waals surface area contributed by atoms with Crippen LogP contribution in [0.5, 0.6) is 0 Å². The van der Waals surface area contributed by atoms with Crippen LogP contribution in [0.2, 0.25) is 0 Å². The molecule has 0 heterocycles. The Bertz CT molecular complexity index is 159. The zero-order chi connectivity index (χ0) is 10.4. The summed E-state index contributed by atoms with van der Waals surface area (Å²) in [5, 5.41) is 9.43. The molecule has 0 amide bonds. The van der Waals surface area contributed by atoms with E-state index in [1.807, 2.05) is 25.8 Å². The van der Waals surface area contributed by atoms with Gasteiger partial charge < -0.3 is 14.7 Å². The number of aliphatic hydroxyl groups excluding tert-OH is 1. The molecule has 0 rings (SSSR count). The number of carbonyl (C=O) groups is 1. The first kappa shape index (κ1) is 12.4. The number of esters is 1. The molecule has 0 aromatic heterocycles. The molecule has 0 aliphatic carbocycles. The van der Waals surface area contributed by atoms with Gasteiger partial charge in [0.2, 0.25) is 0 Å². The lowest BCUT2D eigenvalue weighted by molar-refractivity contribution is -0.143. The fourth-order valence-corrected chi connectivity index (χ4v) is 0.884. The molecule has 0 fully saturated rings. The summed E-state index contributed by atoms with van der Waals surface area (Å²) in [5.41, 5.74) is 0. The number of aliphatic hydroxyl groups is 1. The van der Waals surface area contributed by atoms with E-state index >= 15 is 0 Å². The first-order valence-corrected chi connectivity index (χ1v) is 4.42. The SMILES string of the molecule is COC(=O)CC(O)CN(C)C(C)C. The van der Waals surface area contributed by atoms with Crippen molar-refractivity contribution < 1.29 is 14.6 Å². The maximum absolute atomic E-state index is 10.8. The lowest BCUT2D eigenvalue weighted by Gasteiger charge is -2.23. The topological polar surface area (TPSA) is 49.8 Å². The number of rotatable bonds is 5. The summed E-state index contributed by atoms with van der Waals surface area (Å²) >= 11 is 0. The Kier molecular flexibility index (Phi) is 5.66. The van der Waals surface area contributed by atoms with E-state index in [2.05, 4.69) is 4.74 Å². The maximum Gasteiger partial charge on any atom is 0.308 e. The van der Waals surface area contributed by atoms with Gasteiger partial charge in [-0.2, -0.15) is 0 Å². The average Bonchev–Trinajstić information content (AvgIpc) is 2.03. The van der Waals surface area contributed by atoms with E-state index in [1.165, 1.54) is 7.11 Å². The zero-order valence-corrected chi connectivity index (χ0v) is 8.78. The van der Waals surface area contributed by atoms with Crippen molar-refractivity contribution in [1.29, 1.82) is 0 Å². The van der Waals surface area contributed by atoms with Crippen molar-refractivity contribution in [3.8, 4) is 0 Å². The third kappa shape index (κ3) is 5.60. The number of hydrogen-bond donors (Lipinski definition) is 1. The van der Waals surface area contributed by atoms with Crippen LogP contribution in [-0.4, -0.2) is 48.8 Å². The van der Waals surface area contributed by atoms with Gasteiger partial charge in [-0.3, -0.25) is 4.79 Å². The summed E-state index contributed by atoms with van der Waals surface area (Å²) < 4.78 is 4.45. The summed E-state index contributed by atoms with van der Waals surface area (Å²) in [4.78, 5) is 12.8. The van der Waals surface area contributed by atoms with Gasteiger partial charge in [-0.05, 0) is 20.9 Å². The maximum atomic E-state index is 10.8. The van der Waals surface area contributed by atoms with Crippen LogP contribution < -0.4 is 0 Å². The molecule has 0 aromatic carbocycles. The molecular formula is C9H19NO3. The fraction of sp³-hybridized carbons (Fsp3) is 0.889. The normalized spacial score (nSPS) is 13.5. The van der Waals surface area contributed by atoms with Gasteiger partial charge in [-0.1, -0.05) is 0 Å². The molecular weight excluding hydrogens is 170 g/mol. The van der Waals surface area contributed by atoms with E-state index < -0.39 is 6.10 Å². The number of likely N-dealkylation sites (N-methyl/N-ethyl adjacent to an activating group) is 1. The van der Waals surface area contributed by atoms with Crippen molar-refractivity contribution >= 4 is 5.97 Å². The minimum atomic E-state index is -0.639. The molecule has 1 unspecified atom stereocenters. The van der Waals surface area contributed by atoms with E-state index in [0.717, 1.165) is 0 Å². The second-order valence-corrected chi connectivity index (χ2v) is 3.47. The Balaban J connectivity index is 3.73. The van der Waals surface area contributed by atoms with Gasteiger partial charge in [0.25, 0.3) is 0 Å². The predicted octanol–water partition coefficient (Wildman–Crippen LogP) is 0.251. The second kappa shape index (κ2) is 5.94. The number of ether oxygens (including phenoxy) is 1. The van der Waals surface area contributed by atoms with E-state index in [4.69, 9.17) is 0 Å². The Morgan fingerprint density at radius 3 is 2.46 bits per heavy atom. The minimum absolute atomic E-state index is 0.0631. The van der Waals surface area contributed by atoms with E-state index in [1.54, 1.807) is 0 Å². The van der Waals surface area contributed by atoms with Crippen LogP contribution >= 0.6 is 0 Å². The quantitative estimate of drug-likeness (QED) is 0.630. The summed E-state index contributed by atoms with van der Waals surface area (Å²) in [6, 6.07) is 0.368. The molecule has 78 valence electrons. The predicted molar refractivity (Wildman–Crippen MR) is 50.4 cm³/mol. The third-order valence-electron chi connectivity index (χ3n) is 2.01. The van der Waals surface area contributed by atoms with E-state index in [0.29, 0.717) is 12.6 Å². The summed E-state index contributed by atoms with van der Waals surface area (Å²) in [6.07, 6.45) is -0.576. The van der Waals surface area contributed by atoms with Crippen molar-refractivity contribution in [2.75, 3.05) is 20.7 Å². The fourth-order valence-electron chi connectivity index (χ4n) is 0.884. The van der Waals surface area contributed by atoms with Gasteiger partial charge in [0, 0.05) is 12.6 Å². The zero-order valence-electron chi connectivity index (χ0n) is 8.78. The number of hydrogen-bond acceptors (Lipinski definition) is 4. The Hall–Kier alpha value is -0.610. The van der Waals surface area contributed by atoms with Crippen molar-refractivity contribution in [3.63, 3.8) is 0 Å². The summed E-state index contributed by atoms with van der Waals surface area (Å²) in [6.45, 7) is 4.56. The first-order valence-electron chi connectivity index (χ1n) is 4.42. The minimum Gasteiger partial charge on any atom is -0.469 e. The number of carbonyl (C=O) groups excluding carboxylic acids is 1. The van der Waals surface area contributed by atoms with Crippen LogP contribution in [0.15, 0.2) is 0 Å². The highest BCUT2D eigenvalue weighted by atomic mass is 16.5. The average molecular weight is 189 g/mol. The molecule has 4 heteroatoms. The third-order valence-corrected chi connectivity index (χ3v) is 2.01. The van der Waals surface area contributed by atoms with Gasteiger partial charge in [-0.25, -0.2) is 0 Å². The molecule has 0 bridgehead atoms. The van der Waals surface area contributed by atoms with Crippen molar-refractivity contribution in [3.05, 3.63) is 0 Å². The highest BCUT2D eigenvalue weighted by Gasteiger charge is 2.14. The van der Waals surface area contributed by atoms with Crippen LogP contribution in [0.3, 0.4) is 0 Å². The highest BCUT2D eigenvalue weighted by molar-refractivity contribution is 5.69. The van der Waals surface area contributed by atoms with Gasteiger partial charge in [0.15, 0.2) is 0 Å². The Morgan fingerprint density at radius 1 is 1.54 bits per heavy atom. The van der Waals surface area contributed by atoms with Crippen LogP contribution in [-0.2, 0) is 9.53 Å². The summed E-state index contributed by atoms with van der Waals surface area (Å²) in [5.74, 6) is -0.371. The van der Waals surface area contributed by atoms with Crippen molar-refractivity contribution in [2.24, 2.45) is 0 Å². The molecule has 1 N–H and O–H groups in total. The van der Waals surface area contributed by atoms with Crippen LogP contribution in [0.4, 0.5) is 0 Å². The van der Waals surface area contributed by atoms with Gasteiger partial charge >= 0.3 is 5.97 Å². The number of nitrogens with zero attached hydrogens (tertiary/aromatic N) is 1. The standard InChI is InChI=1S/C9H19NO3/c1-7(2)10(3)6-8(11)5-9(12)13-4/h7-8,11H,5-6H2,1-4H3. The molecule has 0 saturated heterocycles. The van der Waals surface area contributed by atoms with Gasteiger partial charge in [-0.15, -0.1) is 0 Å². The monoisotopic (exact) mass is 189 g/mol. The molecule has 4 nitrogen and oxygen atoms in total. The molecule has 13 heavy (non-hydrogen) atoms. The molecule has 0 saturated carbocycles. The molecule has 0 spiro atoms. The second-order valence-electron chi connectivity index (χ2n) is 3.47. The largest absolute Gasteiger partial charge is 0.469 e. The molecule has 1 atom stereocenters. The van der Waals surface area contributed by atoms with Crippen LogP contribution in [0.25, 0.3) is 0 Å². The molecule has 0 aromatic rings.